The van der Waals surface area contributed by atoms with Gasteiger partial charge in [-0.2, -0.15) is 0 Å². The summed E-state index contributed by atoms with van der Waals surface area (Å²) in [5.41, 5.74) is 6.49. The Morgan fingerprint density at radius 2 is 1.61 bits per heavy atom. The van der Waals surface area contributed by atoms with Crippen molar-refractivity contribution in [3.63, 3.8) is 0 Å². The molecule has 7 heteroatoms. The van der Waals surface area contributed by atoms with Crippen molar-refractivity contribution in [3.8, 4) is 17.0 Å². The summed E-state index contributed by atoms with van der Waals surface area (Å²) >= 11 is 0. The Hall–Kier alpha value is -3.61. The van der Waals surface area contributed by atoms with Crippen LogP contribution in [0.3, 0.4) is 0 Å². The topological polar surface area (TPSA) is 70.6 Å². The molecule has 4 rings (SSSR count). The van der Waals surface area contributed by atoms with Gasteiger partial charge < -0.3 is 19.9 Å². The van der Waals surface area contributed by atoms with Crippen LogP contribution in [0.2, 0.25) is 0 Å². The first-order valence-electron chi connectivity index (χ1n) is 11.4. The third-order valence-corrected chi connectivity index (χ3v) is 6.07. The van der Waals surface area contributed by atoms with Crippen molar-refractivity contribution in [2.75, 3.05) is 43.0 Å². The molecule has 0 unspecified atom stereocenters. The second-order valence-electron chi connectivity index (χ2n) is 8.39. The summed E-state index contributed by atoms with van der Waals surface area (Å²) in [6.45, 7) is 11.6. The quantitative estimate of drug-likeness (QED) is 0.610. The van der Waals surface area contributed by atoms with Crippen LogP contribution in [0.1, 0.15) is 23.6 Å². The molecule has 1 aliphatic heterocycles. The minimum Gasteiger partial charge on any atom is -0.494 e. The Kier molecular flexibility index (Phi) is 6.77. The number of hydrogen-bond donors (Lipinski definition) is 1. The van der Waals surface area contributed by atoms with E-state index in [2.05, 4.69) is 53.3 Å². The molecule has 2 heterocycles. The Balaban J connectivity index is 1.34. The molecule has 1 saturated heterocycles. The highest BCUT2D eigenvalue weighted by Crippen LogP contribution is 2.26. The summed E-state index contributed by atoms with van der Waals surface area (Å²) < 4.78 is 5.44. The molecule has 2 aromatic carbocycles. The number of carbonyl (C=O) groups is 1. The molecule has 172 valence electrons. The van der Waals surface area contributed by atoms with E-state index in [9.17, 15) is 4.79 Å². The maximum Gasteiger partial charge on any atom is 0.321 e. The lowest BCUT2D eigenvalue weighted by molar-refractivity contribution is 0.208. The van der Waals surface area contributed by atoms with Crippen LogP contribution in [0, 0.1) is 20.8 Å². The second-order valence-corrected chi connectivity index (χ2v) is 8.39. The Morgan fingerprint density at radius 1 is 0.909 bits per heavy atom. The van der Waals surface area contributed by atoms with Gasteiger partial charge in [-0.15, -0.1) is 10.2 Å². The van der Waals surface area contributed by atoms with Crippen LogP contribution in [-0.4, -0.2) is 53.9 Å². The summed E-state index contributed by atoms with van der Waals surface area (Å²) in [5.74, 6) is 1.63. The van der Waals surface area contributed by atoms with Crippen LogP contribution in [0.5, 0.6) is 5.75 Å². The summed E-state index contributed by atoms with van der Waals surface area (Å²) in [6, 6.07) is 15.8. The predicted molar refractivity (Wildman–Crippen MR) is 132 cm³/mol. The summed E-state index contributed by atoms with van der Waals surface area (Å²) in [6.07, 6.45) is 0. The lowest BCUT2D eigenvalue weighted by Gasteiger charge is -2.35. The molecule has 0 aliphatic carbocycles. The molecule has 0 spiro atoms. The summed E-state index contributed by atoms with van der Waals surface area (Å²) in [4.78, 5) is 16.6. The fourth-order valence-electron chi connectivity index (χ4n) is 4.02. The maximum atomic E-state index is 12.6. The van der Waals surface area contributed by atoms with Crippen LogP contribution < -0.4 is 15.0 Å². The minimum absolute atomic E-state index is 0.0922. The van der Waals surface area contributed by atoms with E-state index in [0.29, 0.717) is 32.8 Å². The lowest BCUT2D eigenvalue weighted by atomic mass is 9.99. The monoisotopic (exact) mass is 445 g/mol. The highest BCUT2D eigenvalue weighted by molar-refractivity contribution is 5.89. The van der Waals surface area contributed by atoms with Gasteiger partial charge in [-0.25, -0.2) is 4.79 Å². The first kappa shape index (κ1) is 22.6. The zero-order valence-electron chi connectivity index (χ0n) is 19.8. The zero-order valence-corrected chi connectivity index (χ0v) is 19.8. The van der Waals surface area contributed by atoms with Crippen molar-refractivity contribution in [3.05, 3.63) is 65.2 Å². The average Bonchev–Trinajstić information content (AvgIpc) is 2.83. The van der Waals surface area contributed by atoms with E-state index in [4.69, 9.17) is 4.74 Å². The number of carbonyl (C=O) groups excluding carboxylic acids is 1. The fraction of sp³-hybridized carbons (Fsp3) is 0.346. The predicted octanol–water partition coefficient (Wildman–Crippen LogP) is 4.82. The number of ether oxygens (including phenoxy) is 1. The first-order valence-corrected chi connectivity index (χ1v) is 11.4. The molecule has 0 saturated carbocycles. The molecule has 2 amide bonds. The fourth-order valence-corrected chi connectivity index (χ4v) is 4.02. The van der Waals surface area contributed by atoms with Crippen molar-refractivity contribution >= 4 is 17.5 Å². The van der Waals surface area contributed by atoms with E-state index in [-0.39, 0.29) is 6.03 Å². The van der Waals surface area contributed by atoms with Crippen molar-refractivity contribution < 1.29 is 9.53 Å². The number of aryl methyl sites for hydroxylation is 3. The molecule has 0 bridgehead atoms. The van der Waals surface area contributed by atoms with Gasteiger partial charge in [0.2, 0.25) is 0 Å². The van der Waals surface area contributed by atoms with Crippen molar-refractivity contribution in [1.82, 2.24) is 15.1 Å². The van der Waals surface area contributed by atoms with Gasteiger partial charge in [-0.05, 0) is 86.8 Å². The number of benzene rings is 2. The Labute approximate surface area is 195 Å². The Morgan fingerprint density at radius 3 is 2.24 bits per heavy atom. The number of piperazine rings is 1. The van der Waals surface area contributed by atoms with E-state index in [1.807, 2.05) is 48.2 Å². The van der Waals surface area contributed by atoms with Crippen molar-refractivity contribution in [1.29, 1.82) is 0 Å². The van der Waals surface area contributed by atoms with E-state index >= 15 is 0 Å². The molecule has 1 aliphatic rings. The van der Waals surface area contributed by atoms with Crippen molar-refractivity contribution in [2.24, 2.45) is 0 Å². The second kappa shape index (κ2) is 9.90. The minimum atomic E-state index is -0.0922. The SMILES string of the molecule is CCOc1ccc(NC(=O)N2CCN(c3ccc(-c4cc(C)c(C)cc4C)nn3)CC2)cc1. The smallest absolute Gasteiger partial charge is 0.321 e. The molecular formula is C26H31N5O2. The molecule has 0 radical (unpaired) electrons. The third kappa shape index (κ3) is 5.25. The molecule has 1 fully saturated rings. The van der Waals surface area contributed by atoms with Crippen LogP contribution in [-0.2, 0) is 0 Å². The van der Waals surface area contributed by atoms with Gasteiger partial charge in [0, 0.05) is 37.4 Å². The number of aromatic nitrogens is 2. The Bertz CT molecular complexity index is 1100. The van der Waals surface area contributed by atoms with Crippen molar-refractivity contribution in [2.45, 2.75) is 27.7 Å². The maximum absolute atomic E-state index is 12.6. The van der Waals surface area contributed by atoms with Gasteiger partial charge in [0.1, 0.15) is 5.75 Å². The number of amides is 2. The largest absolute Gasteiger partial charge is 0.494 e. The standard InChI is InChI=1S/C26H31N5O2/c1-5-33-22-8-6-21(7-9-22)27-26(32)31-14-12-30(13-15-31)25-11-10-24(28-29-25)23-17-19(3)18(2)16-20(23)4/h6-11,16-17H,5,12-15H2,1-4H3,(H,27,32). The van der Waals surface area contributed by atoms with Gasteiger partial charge in [0.15, 0.2) is 5.82 Å². The van der Waals surface area contributed by atoms with Crippen LogP contribution >= 0.6 is 0 Å². The van der Waals surface area contributed by atoms with Gasteiger partial charge >= 0.3 is 6.03 Å². The molecule has 7 nitrogen and oxygen atoms in total. The molecule has 33 heavy (non-hydrogen) atoms. The molecule has 3 aromatic rings. The average molecular weight is 446 g/mol. The first-order chi connectivity index (χ1) is 15.9. The number of hydrogen-bond acceptors (Lipinski definition) is 5. The van der Waals surface area contributed by atoms with Gasteiger partial charge in [-0.1, -0.05) is 6.07 Å². The number of rotatable bonds is 5. The molecule has 1 N–H and O–H groups in total. The highest BCUT2D eigenvalue weighted by atomic mass is 16.5. The summed E-state index contributed by atoms with van der Waals surface area (Å²) in [5, 5.41) is 11.9. The van der Waals surface area contributed by atoms with Gasteiger partial charge in [-0.3, -0.25) is 0 Å². The third-order valence-electron chi connectivity index (χ3n) is 6.07. The number of urea groups is 1. The van der Waals surface area contributed by atoms with Crippen LogP contribution in [0.15, 0.2) is 48.5 Å². The number of nitrogens with zero attached hydrogens (tertiary/aromatic N) is 4. The van der Waals surface area contributed by atoms with Crippen LogP contribution in [0.25, 0.3) is 11.3 Å². The molecule has 1 aromatic heterocycles. The van der Waals surface area contributed by atoms with E-state index in [0.717, 1.165) is 28.5 Å². The zero-order chi connectivity index (χ0) is 23.4. The van der Waals surface area contributed by atoms with E-state index in [1.165, 1.54) is 16.7 Å². The number of nitrogens with one attached hydrogen (secondary N) is 1. The van der Waals surface area contributed by atoms with Gasteiger partial charge in [0.05, 0.1) is 12.3 Å². The van der Waals surface area contributed by atoms with Gasteiger partial charge in [0.25, 0.3) is 0 Å². The highest BCUT2D eigenvalue weighted by Gasteiger charge is 2.22. The lowest BCUT2D eigenvalue weighted by Crippen LogP contribution is -2.50. The molecular weight excluding hydrogens is 414 g/mol. The van der Waals surface area contributed by atoms with Crippen LogP contribution in [0.4, 0.5) is 16.3 Å². The van der Waals surface area contributed by atoms with E-state index in [1.54, 1.807) is 0 Å². The normalized spacial score (nSPS) is 13.7. The molecule has 0 atom stereocenters. The number of anilines is 2. The summed E-state index contributed by atoms with van der Waals surface area (Å²) in [7, 11) is 0. The van der Waals surface area contributed by atoms with E-state index < -0.39 is 0 Å².